The maximum absolute atomic E-state index is 12.7. The van der Waals surface area contributed by atoms with Gasteiger partial charge in [0.05, 0.1) is 12.1 Å². The van der Waals surface area contributed by atoms with Crippen molar-refractivity contribution in [2.75, 3.05) is 11.9 Å². The smallest absolute Gasteiger partial charge is 0.239 e. The Balaban J connectivity index is 1.74. The summed E-state index contributed by atoms with van der Waals surface area (Å²) in [5.74, 6) is 0.480. The second-order valence-corrected chi connectivity index (χ2v) is 7.93. The predicted octanol–water partition coefficient (Wildman–Crippen LogP) is 5.03. The van der Waals surface area contributed by atoms with Gasteiger partial charge in [-0.05, 0) is 50.8 Å². The summed E-state index contributed by atoms with van der Waals surface area (Å²) in [6.45, 7) is 6.10. The number of amides is 1. The normalized spacial score (nSPS) is 15.4. The molecule has 1 aromatic carbocycles. The number of aromatic nitrogens is 1. The van der Waals surface area contributed by atoms with Gasteiger partial charge in [0.1, 0.15) is 11.9 Å². The molecule has 0 spiro atoms. The minimum atomic E-state index is -0.160. The molecule has 148 valence electrons. The van der Waals surface area contributed by atoms with Gasteiger partial charge in [0.25, 0.3) is 0 Å². The highest BCUT2D eigenvalue weighted by Crippen LogP contribution is 2.37. The number of nitrogens with zero attached hydrogens (tertiary/aromatic N) is 2. The van der Waals surface area contributed by atoms with Gasteiger partial charge in [0.2, 0.25) is 5.91 Å². The molecule has 1 amide bonds. The van der Waals surface area contributed by atoms with Crippen LogP contribution < -0.4 is 10.6 Å². The lowest BCUT2D eigenvalue weighted by Crippen LogP contribution is -2.31. The summed E-state index contributed by atoms with van der Waals surface area (Å²) in [7, 11) is 0. The zero-order valence-corrected chi connectivity index (χ0v) is 17.4. The van der Waals surface area contributed by atoms with Crippen molar-refractivity contribution in [3.05, 3.63) is 51.7 Å². The summed E-state index contributed by atoms with van der Waals surface area (Å²) in [6, 6.07) is 10.2. The van der Waals surface area contributed by atoms with Crippen molar-refractivity contribution in [3.8, 4) is 6.07 Å². The molecule has 1 aliphatic rings. The zero-order valence-electron chi connectivity index (χ0n) is 16.7. The molecule has 1 fully saturated rings. The Hall–Kier alpha value is -2.29. The van der Waals surface area contributed by atoms with Gasteiger partial charge in [-0.15, -0.1) is 0 Å². The highest BCUT2D eigenvalue weighted by molar-refractivity contribution is 6.31. The Morgan fingerprint density at radius 1 is 1.32 bits per heavy atom. The summed E-state index contributed by atoms with van der Waals surface area (Å²) in [5.41, 5.74) is 3.53. The number of carbonyl (C=O) groups is 1. The van der Waals surface area contributed by atoms with Gasteiger partial charge in [0.15, 0.2) is 0 Å². The third-order valence-corrected chi connectivity index (χ3v) is 6.10. The number of nitriles is 1. The lowest BCUT2D eigenvalue weighted by molar-refractivity contribution is -0.115. The molecule has 28 heavy (non-hydrogen) atoms. The van der Waals surface area contributed by atoms with Gasteiger partial charge in [-0.1, -0.05) is 42.6 Å². The predicted molar refractivity (Wildman–Crippen MR) is 113 cm³/mol. The van der Waals surface area contributed by atoms with Crippen molar-refractivity contribution in [3.63, 3.8) is 0 Å². The molecule has 1 atom stereocenters. The van der Waals surface area contributed by atoms with E-state index in [1.54, 1.807) is 0 Å². The molecule has 5 nitrogen and oxygen atoms in total. The summed E-state index contributed by atoms with van der Waals surface area (Å²) in [5, 5.41) is 16.5. The third kappa shape index (κ3) is 4.09. The quantitative estimate of drug-likeness (QED) is 0.716. The first-order valence-electron chi connectivity index (χ1n) is 9.83. The van der Waals surface area contributed by atoms with Crippen LogP contribution in [0.2, 0.25) is 5.02 Å². The first kappa shape index (κ1) is 20.4. The molecule has 2 aromatic rings. The number of carbonyl (C=O) groups excluding carboxylic acids is 1. The van der Waals surface area contributed by atoms with Gasteiger partial charge in [-0.3, -0.25) is 4.79 Å². The number of rotatable bonds is 6. The standard InChI is InChI=1S/C22H27ClN4O/c1-14-16(3)27(17-8-4-5-9-17)22(19(14)12-24)26-21(28)13-25-15(2)18-10-6-7-11-20(18)23/h6-7,10-11,15,17,25H,4-5,8-9,13H2,1-3H3,(H,26,28). The Bertz CT molecular complexity index is 906. The number of halogens is 1. The Morgan fingerprint density at radius 3 is 2.64 bits per heavy atom. The lowest BCUT2D eigenvalue weighted by atomic mass is 10.1. The van der Waals surface area contributed by atoms with Crippen LogP contribution in [0.25, 0.3) is 0 Å². The van der Waals surface area contributed by atoms with Crippen LogP contribution >= 0.6 is 11.6 Å². The fraction of sp³-hybridized carbons (Fsp3) is 0.455. The summed E-state index contributed by atoms with van der Waals surface area (Å²) >= 11 is 6.24. The van der Waals surface area contributed by atoms with Gasteiger partial charge < -0.3 is 15.2 Å². The molecule has 0 radical (unpaired) electrons. The molecular weight excluding hydrogens is 372 g/mol. The van der Waals surface area contributed by atoms with Crippen LogP contribution in [0.15, 0.2) is 24.3 Å². The van der Waals surface area contributed by atoms with Crippen molar-refractivity contribution in [2.45, 2.75) is 58.5 Å². The molecule has 1 unspecified atom stereocenters. The molecule has 6 heteroatoms. The summed E-state index contributed by atoms with van der Waals surface area (Å²) in [6.07, 6.45) is 4.55. The van der Waals surface area contributed by atoms with E-state index in [9.17, 15) is 10.1 Å². The molecule has 1 heterocycles. The maximum atomic E-state index is 12.7. The SMILES string of the molecule is Cc1c(C#N)c(NC(=O)CNC(C)c2ccccc2Cl)n(C2CCCC2)c1C. The number of hydrogen-bond donors (Lipinski definition) is 2. The van der Waals surface area contributed by atoms with E-state index in [1.165, 1.54) is 12.8 Å². The molecule has 0 bridgehead atoms. The van der Waals surface area contributed by atoms with Crippen molar-refractivity contribution >= 4 is 23.3 Å². The average molecular weight is 399 g/mol. The number of hydrogen-bond acceptors (Lipinski definition) is 3. The zero-order chi connectivity index (χ0) is 20.3. The van der Waals surface area contributed by atoms with Crippen LogP contribution in [-0.4, -0.2) is 17.0 Å². The fourth-order valence-electron chi connectivity index (χ4n) is 4.06. The van der Waals surface area contributed by atoms with E-state index >= 15 is 0 Å². The number of anilines is 1. The van der Waals surface area contributed by atoms with Crippen LogP contribution in [0.3, 0.4) is 0 Å². The van der Waals surface area contributed by atoms with Crippen molar-refractivity contribution in [1.29, 1.82) is 5.26 Å². The van der Waals surface area contributed by atoms with Crippen LogP contribution in [0.5, 0.6) is 0 Å². The largest absolute Gasteiger partial charge is 0.327 e. The van der Waals surface area contributed by atoms with Gasteiger partial charge in [-0.2, -0.15) is 5.26 Å². The second-order valence-electron chi connectivity index (χ2n) is 7.53. The highest BCUT2D eigenvalue weighted by Gasteiger charge is 2.26. The van der Waals surface area contributed by atoms with E-state index in [-0.39, 0.29) is 18.5 Å². The van der Waals surface area contributed by atoms with E-state index in [4.69, 9.17) is 11.6 Å². The van der Waals surface area contributed by atoms with E-state index in [0.29, 0.717) is 22.4 Å². The lowest BCUT2D eigenvalue weighted by Gasteiger charge is -2.20. The van der Waals surface area contributed by atoms with Gasteiger partial charge in [0, 0.05) is 22.8 Å². The minimum Gasteiger partial charge on any atom is -0.327 e. The number of nitrogens with one attached hydrogen (secondary N) is 2. The Morgan fingerprint density at radius 2 is 2.00 bits per heavy atom. The molecule has 1 aromatic heterocycles. The Kier molecular flexibility index (Phi) is 6.43. The van der Waals surface area contributed by atoms with Gasteiger partial charge >= 0.3 is 0 Å². The van der Waals surface area contributed by atoms with E-state index in [2.05, 4.69) is 21.3 Å². The molecule has 1 aliphatic carbocycles. The molecular formula is C22H27ClN4O. The molecule has 3 rings (SSSR count). The monoisotopic (exact) mass is 398 g/mol. The highest BCUT2D eigenvalue weighted by atomic mass is 35.5. The van der Waals surface area contributed by atoms with Crippen LogP contribution in [-0.2, 0) is 4.79 Å². The topological polar surface area (TPSA) is 69.8 Å². The van der Waals surface area contributed by atoms with Crippen molar-refractivity contribution < 1.29 is 4.79 Å². The first-order valence-corrected chi connectivity index (χ1v) is 10.2. The first-order chi connectivity index (χ1) is 13.4. The van der Waals surface area contributed by atoms with Gasteiger partial charge in [-0.25, -0.2) is 0 Å². The minimum absolute atomic E-state index is 0.0556. The third-order valence-electron chi connectivity index (χ3n) is 5.76. The molecule has 0 aliphatic heterocycles. The Labute approximate surface area is 171 Å². The van der Waals surface area contributed by atoms with Crippen LogP contribution in [0.4, 0.5) is 5.82 Å². The van der Waals surface area contributed by atoms with Crippen LogP contribution in [0, 0.1) is 25.2 Å². The average Bonchev–Trinajstić information content (AvgIpc) is 3.27. The number of benzene rings is 1. The van der Waals surface area contributed by atoms with E-state index in [0.717, 1.165) is 29.7 Å². The molecule has 2 N–H and O–H groups in total. The van der Waals surface area contributed by atoms with Crippen molar-refractivity contribution in [1.82, 2.24) is 9.88 Å². The summed E-state index contributed by atoms with van der Waals surface area (Å²) < 4.78 is 2.16. The second kappa shape index (κ2) is 8.81. The maximum Gasteiger partial charge on any atom is 0.239 e. The fourth-order valence-corrected chi connectivity index (χ4v) is 4.36. The van der Waals surface area contributed by atoms with Crippen molar-refractivity contribution in [2.24, 2.45) is 0 Å². The van der Waals surface area contributed by atoms with Crippen LogP contribution in [0.1, 0.15) is 67.1 Å². The van der Waals surface area contributed by atoms with E-state index < -0.39 is 0 Å². The van der Waals surface area contributed by atoms with E-state index in [1.807, 2.05) is 45.0 Å². The molecule has 1 saturated carbocycles. The summed E-state index contributed by atoms with van der Waals surface area (Å²) in [4.78, 5) is 12.7. The molecule has 0 saturated heterocycles.